The third-order valence-corrected chi connectivity index (χ3v) is 9.04. The lowest BCUT2D eigenvalue weighted by atomic mass is 10.0. The summed E-state index contributed by atoms with van der Waals surface area (Å²) in [6, 6.07) is 23.5. The van der Waals surface area contributed by atoms with Crippen LogP contribution in [-0.2, 0) is 32.6 Å². The average molecular weight is 627 g/mol. The molecule has 1 aliphatic carbocycles. The van der Waals surface area contributed by atoms with Gasteiger partial charge in [0.25, 0.3) is 0 Å². The van der Waals surface area contributed by atoms with Crippen molar-refractivity contribution in [2.24, 2.45) is 0 Å². The Morgan fingerprint density at radius 3 is 2.17 bits per heavy atom. The first-order chi connectivity index (χ1) is 19.1. The molecule has 4 rings (SSSR count). The van der Waals surface area contributed by atoms with Crippen molar-refractivity contribution in [3.63, 3.8) is 0 Å². The first kappa shape index (κ1) is 29.8. The number of sulfonamides is 1. The van der Waals surface area contributed by atoms with Crippen molar-refractivity contribution in [3.05, 3.63) is 100 Å². The highest BCUT2D eigenvalue weighted by Crippen LogP contribution is 2.28. The second-order valence-corrected chi connectivity index (χ2v) is 13.2. The second kappa shape index (κ2) is 13.5. The Balaban J connectivity index is 1.72. The molecule has 2 amide bonds. The normalized spacial score (nSPS) is 14.5. The summed E-state index contributed by atoms with van der Waals surface area (Å²) in [5.74, 6) is -0.674. The van der Waals surface area contributed by atoms with Gasteiger partial charge in [-0.1, -0.05) is 85.1 Å². The highest BCUT2D eigenvalue weighted by Gasteiger charge is 2.34. The van der Waals surface area contributed by atoms with E-state index < -0.39 is 28.5 Å². The van der Waals surface area contributed by atoms with Crippen molar-refractivity contribution in [2.45, 2.75) is 57.7 Å². The summed E-state index contributed by atoms with van der Waals surface area (Å²) in [4.78, 5) is 29.5. The number of nitrogens with zero attached hydrogens (tertiary/aromatic N) is 2. The molecule has 0 unspecified atom stereocenters. The summed E-state index contributed by atoms with van der Waals surface area (Å²) >= 11 is 3.43. The van der Waals surface area contributed by atoms with Gasteiger partial charge in [0, 0.05) is 23.5 Å². The number of benzene rings is 3. The predicted octanol–water partition coefficient (Wildman–Crippen LogP) is 5.22. The Bertz CT molecular complexity index is 1410. The van der Waals surface area contributed by atoms with Gasteiger partial charge < -0.3 is 10.2 Å². The van der Waals surface area contributed by atoms with Crippen LogP contribution >= 0.6 is 15.9 Å². The maximum Gasteiger partial charge on any atom is 0.244 e. The number of anilines is 1. The average Bonchev–Trinajstić information content (AvgIpc) is 3.43. The van der Waals surface area contributed by atoms with Crippen LogP contribution in [0.4, 0.5) is 5.69 Å². The predicted molar refractivity (Wildman–Crippen MR) is 162 cm³/mol. The SMILES string of the molecule is Cc1ccc(CN(C(=O)CN(c2ccccc2Br)S(C)(=O)=O)[C@H](Cc2ccccc2)C(=O)NC2CCCC2)cc1. The molecule has 7 nitrogen and oxygen atoms in total. The summed E-state index contributed by atoms with van der Waals surface area (Å²) < 4.78 is 27.5. The third-order valence-electron chi connectivity index (χ3n) is 7.25. The van der Waals surface area contributed by atoms with Gasteiger partial charge in [-0.25, -0.2) is 8.42 Å². The van der Waals surface area contributed by atoms with Gasteiger partial charge in [0.15, 0.2) is 0 Å². The Morgan fingerprint density at radius 1 is 0.925 bits per heavy atom. The van der Waals surface area contributed by atoms with E-state index in [4.69, 9.17) is 0 Å². The van der Waals surface area contributed by atoms with E-state index in [1.165, 1.54) is 4.90 Å². The zero-order valence-electron chi connectivity index (χ0n) is 22.9. The first-order valence-electron chi connectivity index (χ1n) is 13.5. The zero-order valence-corrected chi connectivity index (χ0v) is 25.3. The number of hydrogen-bond acceptors (Lipinski definition) is 4. The van der Waals surface area contributed by atoms with Crippen LogP contribution in [0.25, 0.3) is 0 Å². The Kier molecular flexibility index (Phi) is 10.0. The monoisotopic (exact) mass is 625 g/mol. The lowest BCUT2D eigenvalue weighted by molar-refractivity contribution is -0.140. The van der Waals surface area contributed by atoms with E-state index in [0.29, 0.717) is 16.6 Å². The standard InChI is InChI=1S/C31H36BrN3O4S/c1-23-16-18-25(19-17-23)21-34(30(36)22-35(40(2,38)39)28-15-9-8-14-27(28)32)29(20-24-10-4-3-5-11-24)31(37)33-26-12-6-7-13-26/h3-5,8-11,14-19,26,29H,6-7,12-13,20-22H2,1-2H3,(H,33,37)/t29-/m1/s1. The maximum absolute atomic E-state index is 14.2. The number of amides is 2. The fraction of sp³-hybridized carbons (Fsp3) is 0.355. The van der Waals surface area contributed by atoms with Crippen molar-refractivity contribution < 1.29 is 18.0 Å². The van der Waals surface area contributed by atoms with Crippen molar-refractivity contribution in [1.82, 2.24) is 10.2 Å². The lowest BCUT2D eigenvalue weighted by Crippen LogP contribution is -2.54. The quantitative estimate of drug-likeness (QED) is 0.316. The molecule has 1 fully saturated rings. The van der Waals surface area contributed by atoms with E-state index >= 15 is 0 Å². The molecule has 1 saturated carbocycles. The van der Waals surface area contributed by atoms with Crippen LogP contribution in [0.3, 0.4) is 0 Å². The van der Waals surface area contributed by atoms with Crippen LogP contribution in [0.1, 0.15) is 42.4 Å². The van der Waals surface area contributed by atoms with Gasteiger partial charge in [0.2, 0.25) is 21.8 Å². The number of para-hydroxylation sites is 1. The number of carbonyl (C=O) groups is 2. The van der Waals surface area contributed by atoms with Crippen LogP contribution in [0, 0.1) is 6.92 Å². The molecule has 0 heterocycles. The highest BCUT2D eigenvalue weighted by molar-refractivity contribution is 9.10. The van der Waals surface area contributed by atoms with E-state index in [9.17, 15) is 18.0 Å². The van der Waals surface area contributed by atoms with E-state index in [-0.39, 0.29) is 18.5 Å². The van der Waals surface area contributed by atoms with Gasteiger partial charge in [0.1, 0.15) is 12.6 Å². The zero-order chi connectivity index (χ0) is 28.7. The summed E-state index contributed by atoms with van der Waals surface area (Å²) in [5, 5.41) is 3.18. The molecular weight excluding hydrogens is 590 g/mol. The van der Waals surface area contributed by atoms with Crippen molar-refractivity contribution >= 4 is 43.5 Å². The van der Waals surface area contributed by atoms with Gasteiger partial charge >= 0.3 is 0 Å². The molecule has 0 aromatic heterocycles. The minimum Gasteiger partial charge on any atom is -0.352 e. The number of hydrogen-bond donors (Lipinski definition) is 1. The van der Waals surface area contributed by atoms with E-state index in [2.05, 4.69) is 21.2 Å². The number of rotatable bonds is 11. The number of aryl methyl sites for hydroxylation is 1. The van der Waals surface area contributed by atoms with E-state index in [1.54, 1.807) is 24.3 Å². The van der Waals surface area contributed by atoms with Crippen molar-refractivity contribution in [1.29, 1.82) is 0 Å². The number of carbonyl (C=O) groups excluding carboxylic acids is 2. The van der Waals surface area contributed by atoms with Crippen LogP contribution in [0.2, 0.25) is 0 Å². The van der Waals surface area contributed by atoms with Crippen molar-refractivity contribution in [3.8, 4) is 0 Å². The molecule has 9 heteroatoms. The molecule has 1 atom stereocenters. The summed E-state index contributed by atoms with van der Waals surface area (Å²) in [5.41, 5.74) is 3.22. The molecule has 3 aromatic carbocycles. The Hall–Kier alpha value is -3.17. The molecular formula is C31H36BrN3O4S. The van der Waals surface area contributed by atoms with Gasteiger partial charge in [-0.15, -0.1) is 0 Å². The minimum absolute atomic E-state index is 0.0786. The van der Waals surface area contributed by atoms with Gasteiger partial charge in [0.05, 0.1) is 11.9 Å². The molecule has 0 spiro atoms. The van der Waals surface area contributed by atoms with Crippen LogP contribution in [0.5, 0.6) is 0 Å². The summed E-state index contributed by atoms with van der Waals surface area (Å²) in [6.07, 6.45) is 5.35. The first-order valence-corrected chi connectivity index (χ1v) is 16.2. The molecule has 1 N–H and O–H groups in total. The fourth-order valence-electron chi connectivity index (χ4n) is 5.06. The van der Waals surface area contributed by atoms with Crippen LogP contribution < -0.4 is 9.62 Å². The molecule has 40 heavy (non-hydrogen) atoms. The summed E-state index contributed by atoms with van der Waals surface area (Å²) in [6.45, 7) is 1.72. The second-order valence-electron chi connectivity index (χ2n) is 10.4. The minimum atomic E-state index is -3.82. The lowest BCUT2D eigenvalue weighted by Gasteiger charge is -2.34. The number of nitrogens with one attached hydrogen (secondary N) is 1. The molecule has 1 aliphatic rings. The molecule has 0 aliphatic heterocycles. The van der Waals surface area contributed by atoms with Gasteiger partial charge in [-0.3, -0.25) is 13.9 Å². The van der Waals surface area contributed by atoms with E-state index in [1.807, 2.05) is 61.5 Å². The maximum atomic E-state index is 14.2. The van der Waals surface area contributed by atoms with Gasteiger partial charge in [-0.2, -0.15) is 0 Å². The third kappa shape index (κ3) is 7.95. The highest BCUT2D eigenvalue weighted by atomic mass is 79.9. The smallest absolute Gasteiger partial charge is 0.244 e. The molecule has 0 bridgehead atoms. The molecule has 0 saturated heterocycles. The van der Waals surface area contributed by atoms with Crippen LogP contribution in [-0.4, -0.2) is 50.0 Å². The van der Waals surface area contributed by atoms with E-state index in [0.717, 1.165) is 52.9 Å². The molecule has 3 aromatic rings. The Morgan fingerprint density at radius 2 is 1.55 bits per heavy atom. The Labute approximate surface area is 245 Å². The van der Waals surface area contributed by atoms with Crippen molar-refractivity contribution in [2.75, 3.05) is 17.1 Å². The molecule has 212 valence electrons. The van der Waals surface area contributed by atoms with Crippen LogP contribution in [0.15, 0.2) is 83.3 Å². The number of halogens is 1. The molecule has 0 radical (unpaired) electrons. The fourth-order valence-corrected chi connectivity index (χ4v) is 6.54. The topological polar surface area (TPSA) is 86.8 Å². The van der Waals surface area contributed by atoms with Gasteiger partial charge in [-0.05, 0) is 59.0 Å². The summed E-state index contributed by atoms with van der Waals surface area (Å²) in [7, 11) is -3.82. The largest absolute Gasteiger partial charge is 0.352 e.